The van der Waals surface area contributed by atoms with Crippen LogP contribution in [-0.4, -0.2) is 16.9 Å². The maximum absolute atomic E-state index is 12.7. The quantitative estimate of drug-likeness (QED) is 0.786. The van der Waals surface area contributed by atoms with Crippen molar-refractivity contribution in [1.29, 1.82) is 0 Å². The molecule has 2 aliphatic rings. The van der Waals surface area contributed by atoms with E-state index in [1.807, 2.05) is 0 Å². The number of rotatable bonds is 3. The highest BCUT2D eigenvalue weighted by atomic mass is 32.1. The molecule has 20 heavy (non-hydrogen) atoms. The van der Waals surface area contributed by atoms with Crippen LogP contribution < -0.4 is 11.1 Å². The first-order chi connectivity index (χ1) is 9.36. The molecule has 4 heteroatoms. The molecule has 0 radical (unpaired) electrons. The van der Waals surface area contributed by atoms with Gasteiger partial charge in [-0.1, -0.05) is 45.3 Å². The molecule has 0 spiro atoms. The van der Waals surface area contributed by atoms with Crippen LogP contribution in [0.2, 0.25) is 0 Å². The summed E-state index contributed by atoms with van der Waals surface area (Å²) in [5.41, 5.74) is 5.78. The van der Waals surface area contributed by atoms with Gasteiger partial charge in [0.1, 0.15) is 0 Å². The first kappa shape index (κ1) is 15.7. The molecular formula is C16H28N2OS. The standard InChI is InChI=1S/C16H28N2OS/c1-15(2)10-6-12(7-11-15)18-14(19)16(13(17)20)8-4-3-5-9-16/h12H,3-11H2,1-2H3,(H2,17,20)(H,18,19). The number of hydrogen-bond donors (Lipinski definition) is 2. The normalized spacial score (nSPS) is 25.9. The maximum Gasteiger partial charge on any atom is 0.233 e. The Morgan fingerprint density at radius 2 is 1.65 bits per heavy atom. The third-order valence-electron chi connectivity index (χ3n) is 5.29. The number of carbonyl (C=O) groups is 1. The summed E-state index contributed by atoms with van der Waals surface area (Å²) in [4.78, 5) is 13.1. The third-order valence-corrected chi connectivity index (χ3v) is 5.68. The number of carbonyl (C=O) groups excluding carboxylic acids is 1. The molecule has 2 aliphatic carbocycles. The number of nitrogens with two attached hydrogens (primary N) is 1. The Kier molecular flexibility index (Phi) is 4.73. The molecule has 0 bridgehead atoms. The van der Waals surface area contributed by atoms with Crippen LogP contribution in [0, 0.1) is 10.8 Å². The minimum Gasteiger partial charge on any atom is -0.392 e. The van der Waals surface area contributed by atoms with Gasteiger partial charge in [0.05, 0.1) is 10.4 Å². The van der Waals surface area contributed by atoms with Crippen LogP contribution in [0.5, 0.6) is 0 Å². The lowest BCUT2D eigenvalue weighted by Gasteiger charge is -2.39. The molecule has 0 aliphatic heterocycles. The molecule has 1 amide bonds. The average molecular weight is 296 g/mol. The highest BCUT2D eigenvalue weighted by Crippen LogP contribution is 2.39. The molecule has 0 saturated heterocycles. The van der Waals surface area contributed by atoms with E-state index in [2.05, 4.69) is 19.2 Å². The van der Waals surface area contributed by atoms with E-state index in [1.54, 1.807) is 0 Å². The fourth-order valence-electron chi connectivity index (χ4n) is 3.61. The predicted octanol–water partition coefficient (Wildman–Crippen LogP) is 3.31. The molecule has 2 saturated carbocycles. The van der Waals surface area contributed by atoms with Crippen molar-refractivity contribution in [1.82, 2.24) is 5.32 Å². The molecule has 114 valence electrons. The first-order valence-electron chi connectivity index (χ1n) is 7.97. The van der Waals surface area contributed by atoms with Crippen molar-refractivity contribution in [3.63, 3.8) is 0 Å². The zero-order valence-electron chi connectivity index (χ0n) is 12.8. The number of nitrogens with one attached hydrogen (secondary N) is 1. The first-order valence-corrected chi connectivity index (χ1v) is 8.37. The van der Waals surface area contributed by atoms with E-state index in [0.717, 1.165) is 38.5 Å². The van der Waals surface area contributed by atoms with Crippen LogP contribution in [0.1, 0.15) is 71.6 Å². The summed E-state index contributed by atoms with van der Waals surface area (Å²) in [6.07, 6.45) is 9.47. The van der Waals surface area contributed by atoms with Crippen molar-refractivity contribution in [3.05, 3.63) is 0 Å². The largest absolute Gasteiger partial charge is 0.392 e. The van der Waals surface area contributed by atoms with Crippen molar-refractivity contribution >= 4 is 23.1 Å². The minimum absolute atomic E-state index is 0.0920. The lowest BCUT2D eigenvalue weighted by atomic mass is 9.72. The van der Waals surface area contributed by atoms with Crippen LogP contribution in [0.4, 0.5) is 0 Å². The van der Waals surface area contributed by atoms with Gasteiger partial charge >= 0.3 is 0 Å². The Bertz CT molecular complexity index is 376. The van der Waals surface area contributed by atoms with Gasteiger partial charge in [0.15, 0.2) is 0 Å². The summed E-state index contributed by atoms with van der Waals surface area (Å²) < 4.78 is 0. The Labute approximate surface area is 128 Å². The molecule has 2 rings (SSSR count). The average Bonchev–Trinajstić information content (AvgIpc) is 2.41. The third kappa shape index (κ3) is 3.33. The second-order valence-electron chi connectivity index (χ2n) is 7.42. The van der Waals surface area contributed by atoms with Gasteiger partial charge in [-0.2, -0.15) is 0 Å². The Hall–Kier alpha value is -0.640. The van der Waals surface area contributed by atoms with E-state index >= 15 is 0 Å². The van der Waals surface area contributed by atoms with Gasteiger partial charge in [-0.3, -0.25) is 4.79 Å². The summed E-state index contributed by atoms with van der Waals surface area (Å²) in [5.74, 6) is 0.0920. The van der Waals surface area contributed by atoms with Gasteiger partial charge in [-0.25, -0.2) is 0 Å². The summed E-state index contributed by atoms with van der Waals surface area (Å²) in [6.45, 7) is 4.62. The summed E-state index contributed by atoms with van der Waals surface area (Å²) in [7, 11) is 0. The van der Waals surface area contributed by atoms with Crippen molar-refractivity contribution in [2.75, 3.05) is 0 Å². The van der Waals surface area contributed by atoms with Gasteiger partial charge in [-0.15, -0.1) is 0 Å². The molecule has 0 atom stereocenters. The van der Waals surface area contributed by atoms with Crippen LogP contribution in [0.25, 0.3) is 0 Å². The number of thiocarbonyl (C=S) groups is 1. The summed E-state index contributed by atoms with van der Waals surface area (Å²) >= 11 is 5.22. The van der Waals surface area contributed by atoms with Crippen molar-refractivity contribution in [2.24, 2.45) is 16.6 Å². The zero-order valence-corrected chi connectivity index (χ0v) is 13.7. The minimum atomic E-state index is -0.569. The molecule has 0 unspecified atom stereocenters. The summed E-state index contributed by atoms with van der Waals surface area (Å²) in [6, 6.07) is 0.309. The monoisotopic (exact) mass is 296 g/mol. The number of amides is 1. The van der Waals surface area contributed by atoms with Crippen molar-refractivity contribution < 1.29 is 4.79 Å². The van der Waals surface area contributed by atoms with E-state index in [9.17, 15) is 4.79 Å². The lowest BCUT2D eigenvalue weighted by Crippen LogP contribution is -2.53. The van der Waals surface area contributed by atoms with Crippen LogP contribution in [-0.2, 0) is 4.79 Å². The van der Waals surface area contributed by atoms with E-state index < -0.39 is 5.41 Å². The molecule has 0 aromatic rings. The number of hydrogen-bond acceptors (Lipinski definition) is 2. The highest BCUT2D eigenvalue weighted by Gasteiger charge is 2.43. The molecule has 3 N–H and O–H groups in total. The van der Waals surface area contributed by atoms with Crippen molar-refractivity contribution in [2.45, 2.75) is 77.7 Å². The van der Waals surface area contributed by atoms with E-state index in [1.165, 1.54) is 19.3 Å². The molecule has 0 aromatic heterocycles. The van der Waals surface area contributed by atoms with Gasteiger partial charge in [-0.05, 0) is 43.9 Å². The second kappa shape index (κ2) is 6.00. The van der Waals surface area contributed by atoms with Gasteiger partial charge in [0.25, 0.3) is 0 Å². The molecule has 2 fully saturated rings. The van der Waals surface area contributed by atoms with Crippen molar-refractivity contribution in [3.8, 4) is 0 Å². The highest BCUT2D eigenvalue weighted by molar-refractivity contribution is 7.80. The fourth-order valence-corrected chi connectivity index (χ4v) is 3.90. The topological polar surface area (TPSA) is 55.1 Å². The fraction of sp³-hybridized carbons (Fsp3) is 0.875. The lowest BCUT2D eigenvalue weighted by molar-refractivity contribution is -0.130. The SMILES string of the molecule is CC1(C)CCC(NC(=O)C2(C(N)=S)CCCCC2)CC1. The Balaban J connectivity index is 1.98. The van der Waals surface area contributed by atoms with Crippen LogP contribution in [0.3, 0.4) is 0 Å². The van der Waals surface area contributed by atoms with Crippen LogP contribution >= 0.6 is 12.2 Å². The molecule has 3 nitrogen and oxygen atoms in total. The predicted molar refractivity (Wildman–Crippen MR) is 86.5 cm³/mol. The van der Waals surface area contributed by atoms with Gasteiger partial charge < -0.3 is 11.1 Å². The van der Waals surface area contributed by atoms with Gasteiger partial charge in [0, 0.05) is 6.04 Å². The smallest absolute Gasteiger partial charge is 0.233 e. The maximum atomic E-state index is 12.7. The van der Waals surface area contributed by atoms with E-state index in [-0.39, 0.29) is 5.91 Å². The van der Waals surface area contributed by atoms with Crippen LogP contribution in [0.15, 0.2) is 0 Å². The molecule has 0 heterocycles. The van der Waals surface area contributed by atoms with Gasteiger partial charge in [0.2, 0.25) is 5.91 Å². The van der Waals surface area contributed by atoms with E-state index in [4.69, 9.17) is 18.0 Å². The molecule has 0 aromatic carbocycles. The Morgan fingerprint density at radius 3 is 2.15 bits per heavy atom. The summed E-state index contributed by atoms with van der Waals surface area (Å²) in [5, 5.41) is 3.24. The second-order valence-corrected chi connectivity index (χ2v) is 7.86. The van der Waals surface area contributed by atoms with E-state index in [0.29, 0.717) is 16.4 Å². The Morgan fingerprint density at radius 1 is 1.10 bits per heavy atom. The molecular weight excluding hydrogens is 268 g/mol. The zero-order chi connectivity index (χ0) is 14.8.